The van der Waals surface area contributed by atoms with Crippen molar-refractivity contribution in [1.82, 2.24) is 4.31 Å². The van der Waals surface area contributed by atoms with Crippen molar-refractivity contribution in [2.24, 2.45) is 0 Å². The van der Waals surface area contributed by atoms with Gasteiger partial charge in [0.15, 0.2) is 5.79 Å². The molecule has 2 aromatic carbocycles. The minimum absolute atomic E-state index is 0.131. The molecule has 1 spiro atoms. The average molecular weight is 473 g/mol. The molecule has 2 saturated heterocycles. The molecule has 7 nitrogen and oxygen atoms in total. The first-order valence-corrected chi connectivity index (χ1v) is 11.4. The van der Waals surface area contributed by atoms with E-state index in [1.54, 1.807) is 0 Å². The van der Waals surface area contributed by atoms with E-state index in [0.717, 1.165) is 24.3 Å². The first-order chi connectivity index (χ1) is 14.7. The summed E-state index contributed by atoms with van der Waals surface area (Å²) in [5, 5.41) is 2.36. The molecule has 2 aromatic rings. The Hall–Kier alpha value is -2.11. The number of rotatable bonds is 4. The molecule has 11 heteroatoms. The van der Waals surface area contributed by atoms with Crippen LogP contribution >= 0.6 is 11.6 Å². The van der Waals surface area contributed by atoms with Gasteiger partial charge in [-0.15, -0.1) is 0 Å². The summed E-state index contributed by atoms with van der Waals surface area (Å²) in [6.45, 7) is 1.27. The van der Waals surface area contributed by atoms with Gasteiger partial charge in [0.2, 0.25) is 10.0 Å². The zero-order valence-corrected chi connectivity index (χ0v) is 17.8. The van der Waals surface area contributed by atoms with Crippen molar-refractivity contribution in [1.29, 1.82) is 0 Å². The van der Waals surface area contributed by atoms with E-state index in [2.05, 4.69) is 5.32 Å². The van der Waals surface area contributed by atoms with Crippen LogP contribution in [0, 0.1) is 11.6 Å². The van der Waals surface area contributed by atoms with E-state index in [1.807, 2.05) is 0 Å². The number of piperidine rings is 1. The van der Waals surface area contributed by atoms with Crippen LogP contribution in [-0.4, -0.2) is 50.7 Å². The SMILES string of the molecule is O=C(Nc1ccc(Cl)cc1F)c1cc(S(=O)(=O)N2CCC3(CC2)OCCO3)ccc1F. The van der Waals surface area contributed by atoms with Crippen molar-refractivity contribution in [3.63, 3.8) is 0 Å². The molecule has 1 amide bonds. The van der Waals surface area contributed by atoms with Crippen LogP contribution in [0.4, 0.5) is 14.5 Å². The smallest absolute Gasteiger partial charge is 0.258 e. The number of sulfonamides is 1. The van der Waals surface area contributed by atoms with Gasteiger partial charge in [-0.2, -0.15) is 4.31 Å². The van der Waals surface area contributed by atoms with Crippen LogP contribution in [0.15, 0.2) is 41.3 Å². The lowest BCUT2D eigenvalue weighted by Gasteiger charge is -2.36. The highest BCUT2D eigenvalue weighted by molar-refractivity contribution is 7.89. The lowest BCUT2D eigenvalue weighted by molar-refractivity contribution is -0.179. The molecular formula is C20H19ClF2N2O5S. The monoisotopic (exact) mass is 472 g/mol. The van der Waals surface area contributed by atoms with Crippen LogP contribution in [0.3, 0.4) is 0 Å². The highest BCUT2D eigenvalue weighted by Crippen LogP contribution is 2.33. The Bertz CT molecular complexity index is 1110. The molecule has 2 aliphatic heterocycles. The molecule has 2 aliphatic rings. The van der Waals surface area contributed by atoms with Gasteiger partial charge in [0, 0.05) is 31.0 Å². The Kier molecular flexibility index (Phi) is 6.01. The maximum atomic E-state index is 14.3. The predicted molar refractivity (Wildman–Crippen MR) is 108 cm³/mol. The number of carbonyl (C=O) groups is 1. The summed E-state index contributed by atoms with van der Waals surface area (Å²) in [6, 6.07) is 6.52. The highest BCUT2D eigenvalue weighted by Gasteiger charge is 2.42. The number of benzene rings is 2. The molecule has 2 fully saturated rings. The largest absolute Gasteiger partial charge is 0.347 e. The summed E-state index contributed by atoms with van der Waals surface area (Å²) in [5.41, 5.74) is -0.730. The summed E-state index contributed by atoms with van der Waals surface area (Å²) < 4.78 is 66.8. The molecule has 0 bridgehead atoms. The molecule has 1 N–H and O–H groups in total. The number of ether oxygens (including phenoxy) is 2. The topological polar surface area (TPSA) is 84.9 Å². The predicted octanol–water partition coefficient (Wildman–Crippen LogP) is 3.40. The zero-order chi connectivity index (χ0) is 22.2. The second kappa shape index (κ2) is 8.44. The van der Waals surface area contributed by atoms with Gasteiger partial charge in [0.05, 0.1) is 29.4 Å². The molecular weight excluding hydrogens is 454 g/mol. The minimum atomic E-state index is -3.98. The van der Waals surface area contributed by atoms with Gasteiger partial charge < -0.3 is 14.8 Å². The quantitative estimate of drug-likeness (QED) is 0.737. The average Bonchev–Trinajstić information content (AvgIpc) is 3.18. The van der Waals surface area contributed by atoms with Crippen LogP contribution in [0.25, 0.3) is 0 Å². The van der Waals surface area contributed by atoms with Crippen LogP contribution in [0.5, 0.6) is 0 Å². The molecule has 0 aliphatic carbocycles. The lowest BCUT2D eigenvalue weighted by atomic mass is 10.1. The van der Waals surface area contributed by atoms with Gasteiger partial charge in [0.1, 0.15) is 11.6 Å². The number of nitrogens with zero attached hydrogens (tertiary/aromatic N) is 1. The third-order valence-electron chi connectivity index (χ3n) is 5.30. The van der Waals surface area contributed by atoms with Crippen molar-refractivity contribution in [2.75, 3.05) is 31.6 Å². The summed E-state index contributed by atoms with van der Waals surface area (Å²) in [4.78, 5) is 12.3. The van der Waals surface area contributed by atoms with Gasteiger partial charge in [-0.05, 0) is 36.4 Å². The molecule has 31 heavy (non-hydrogen) atoms. The molecule has 0 radical (unpaired) electrons. The molecule has 166 valence electrons. The molecule has 4 rings (SSSR count). The molecule has 0 aromatic heterocycles. The fourth-order valence-electron chi connectivity index (χ4n) is 3.62. The fourth-order valence-corrected chi connectivity index (χ4v) is 5.25. The van der Waals surface area contributed by atoms with Gasteiger partial charge in [0.25, 0.3) is 5.91 Å². The number of hydrogen-bond acceptors (Lipinski definition) is 5. The van der Waals surface area contributed by atoms with Crippen LogP contribution in [0.2, 0.25) is 5.02 Å². The number of carbonyl (C=O) groups excluding carboxylic acids is 1. The van der Waals surface area contributed by atoms with Crippen LogP contribution in [-0.2, 0) is 19.5 Å². The van der Waals surface area contributed by atoms with Crippen molar-refractivity contribution < 1.29 is 31.5 Å². The highest BCUT2D eigenvalue weighted by atomic mass is 35.5. The standard InChI is InChI=1S/C20H19ClF2N2O5S/c21-13-1-4-18(17(23)11-13)24-19(26)15-12-14(2-3-16(15)22)31(27,28)25-7-5-20(6-8-25)29-9-10-30-20/h1-4,11-12H,5-10H2,(H,24,26). The van der Waals surface area contributed by atoms with E-state index in [4.69, 9.17) is 21.1 Å². The van der Waals surface area contributed by atoms with E-state index in [9.17, 15) is 22.0 Å². The van der Waals surface area contributed by atoms with Gasteiger partial charge in [-0.3, -0.25) is 4.79 Å². The van der Waals surface area contributed by atoms with Crippen molar-refractivity contribution >= 4 is 33.2 Å². The van der Waals surface area contributed by atoms with E-state index in [-0.39, 0.29) is 28.7 Å². The van der Waals surface area contributed by atoms with Crippen LogP contribution in [0.1, 0.15) is 23.2 Å². The first kappa shape index (κ1) is 22.1. The second-order valence-electron chi connectivity index (χ2n) is 7.23. The lowest BCUT2D eigenvalue weighted by Crippen LogP contribution is -2.47. The first-order valence-electron chi connectivity index (χ1n) is 9.54. The van der Waals surface area contributed by atoms with Crippen molar-refractivity contribution in [3.05, 3.63) is 58.6 Å². The molecule has 0 saturated carbocycles. The van der Waals surface area contributed by atoms with Gasteiger partial charge >= 0.3 is 0 Å². The van der Waals surface area contributed by atoms with Crippen molar-refractivity contribution in [2.45, 2.75) is 23.5 Å². The second-order valence-corrected chi connectivity index (χ2v) is 9.61. The normalized spacial score (nSPS) is 18.9. The summed E-state index contributed by atoms with van der Waals surface area (Å²) >= 11 is 5.68. The van der Waals surface area contributed by atoms with Gasteiger partial charge in [-0.25, -0.2) is 17.2 Å². The number of anilines is 1. The van der Waals surface area contributed by atoms with E-state index >= 15 is 0 Å². The Balaban J connectivity index is 1.54. The summed E-state index contributed by atoms with van der Waals surface area (Å²) in [5.74, 6) is -3.47. The minimum Gasteiger partial charge on any atom is -0.347 e. The Morgan fingerprint density at radius 1 is 1.03 bits per heavy atom. The number of halogens is 3. The summed E-state index contributed by atoms with van der Waals surface area (Å²) in [7, 11) is -3.98. The van der Waals surface area contributed by atoms with E-state index < -0.39 is 38.9 Å². The Morgan fingerprint density at radius 3 is 2.35 bits per heavy atom. The molecule has 0 unspecified atom stereocenters. The maximum absolute atomic E-state index is 14.3. The maximum Gasteiger partial charge on any atom is 0.258 e. The zero-order valence-electron chi connectivity index (χ0n) is 16.2. The summed E-state index contributed by atoms with van der Waals surface area (Å²) in [6.07, 6.45) is 0.743. The van der Waals surface area contributed by atoms with E-state index in [1.165, 1.54) is 16.4 Å². The number of amides is 1. The molecule has 0 atom stereocenters. The van der Waals surface area contributed by atoms with Gasteiger partial charge in [-0.1, -0.05) is 11.6 Å². The van der Waals surface area contributed by atoms with Crippen LogP contribution < -0.4 is 5.32 Å². The molecule has 2 heterocycles. The number of hydrogen-bond donors (Lipinski definition) is 1. The Labute approximate surface area is 182 Å². The Morgan fingerprint density at radius 2 is 1.71 bits per heavy atom. The number of nitrogens with one attached hydrogen (secondary N) is 1. The fraction of sp³-hybridized carbons (Fsp3) is 0.350. The third kappa shape index (κ3) is 4.44. The van der Waals surface area contributed by atoms with Crippen molar-refractivity contribution in [3.8, 4) is 0 Å². The van der Waals surface area contributed by atoms with E-state index in [0.29, 0.717) is 26.1 Å². The third-order valence-corrected chi connectivity index (χ3v) is 7.43.